The van der Waals surface area contributed by atoms with Crippen LogP contribution in [0.15, 0.2) is 47.5 Å². The minimum atomic E-state index is -0.142. The van der Waals surface area contributed by atoms with E-state index >= 15 is 0 Å². The Morgan fingerprint density at radius 3 is 2.44 bits per heavy atom. The van der Waals surface area contributed by atoms with Crippen LogP contribution in [0, 0.1) is 11.3 Å². The summed E-state index contributed by atoms with van der Waals surface area (Å²) in [5, 5.41) is 3.77. The molecule has 1 atom stereocenters. The molecular weight excluding hydrogens is 472 g/mol. The molecule has 0 bridgehead atoms. The van der Waals surface area contributed by atoms with Gasteiger partial charge in [-0.25, -0.2) is 4.99 Å². The highest BCUT2D eigenvalue weighted by molar-refractivity contribution is 7.16. The molecule has 0 saturated carbocycles. The molecule has 36 heavy (non-hydrogen) atoms. The van der Waals surface area contributed by atoms with Crippen LogP contribution in [0.4, 0.5) is 10.7 Å². The van der Waals surface area contributed by atoms with Gasteiger partial charge in [0, 0.05) is 22.3 Å². The minimum Gasteiger partial charge on any atom is -0.497 e. The molecule has 0 radical (unpaired) electrons. The molecule has 1 unspecified atom stereocenters. The molecule has 1 aromatic heterocycles. The third kappa shape index (κ3) is 5.41. The van der Waals surface area contributed by atoms with Crippen molar-refractivity contribution in [2.45, 2.75) is 40.0 Å². The van der Waals surface area contributed by atoms with Crippen LogP contribution in [0.5, 0.6) is 17.2 Å². The highest BCUT2D eigenvalue weighted by Crippen LogP contribution is 2.45. The van der Waals surface area contributed by atoms with E-state index < -0.39 is 0 Å². The monoisotopic (exact) mass is 506 g/mol. The number of carbonyl (C=O) groups excluding carboxylic acids is 1. The predicted molar refractivity (Wildman–Crippen MR) is 147 cm³/mol. The lowest BCUT2D eigenvalue weighted by molar-refractivity contribution is 0.102. The zero-order valence-corrected chi connectivity index (χ0v) is 22.6. The van der Waals surface area contributed by atoms with Crippen molar-refractivity contribution in [1.29, 1.82) is 0 Å². The number of ether oxygens (including phenoxy) is 3. The number of nitrogens with one attached hydrogen (secondary N) is 1. The number of fused-ring (bicyclic) bond motifs is 1. The molecule has 1 N–H and O–H groups in total. The van der Waals surface area contributed by atoms with Gasteiger partial charge in [0.25, 0.3) is 5.91 Å². The van der Waals surface area contributed by atoms with Crippen molar-refractivity contribution in [2.75, 3.05) is 26.6 Å². The van der Waals surface area contributed by atoms with Crippen LogP contribution < -0.4 is 19.5 Å². The third-order valence-electron chi connectivity index (χ3n) is 6.80. The zero-order valence-electron chi connectivity index (χ0n) is 21.8. The van der Waals surface area contributed by atoms with Gasteiger partial charge in [0.15, 0.2) is 11.5 Å². The number of carbonyl (C=O) groups is 1. The molecule has 1 aliphatic rings. The number of para-hydroxylation sites is 1. The summed E-state index contributed by atoms with van der Waals surface area (Å²) in [6.07, 6.45) is 4.65. The lowest BCUT2D eigenvalue weighted by atomic mass is 9.72. The maximum Gasteiger partial charge on any atom is 0.259 e. The summed E-state index contributed by atoms with van der Waals surface area (Å²) >= 11 is 1.62. The first-order valence-electron chi connectivity index (χ1n) is 12.1. The standard InChI is InChI=1S/C29H34N2O4S/c1-29(2,3)19-10-15-22-24(16-19)36-28(30-17-18-8-7-9-23(34-5)26(18)35-6)25(22)27(32)31-20-11-13-21(33-4)14-12-20/h7-9,11-14,17,19H,10,15-16H2,1-6H3,(H,31,32)/b30-17-. The Balaban J connectivity index is 1.72. The number of rotatable bonds is 7. The zero-order chi connectivity index (χ0) is 25.9. The third-order valence-corrected chi connectivity index (χ3v) is 7.96. The smallest absolute Gasteiger partial charge is 0.259 e. The summed E-state index contributed by atoms with van der Waals surface area (Å²) in [6.45, 7) is 6.88. The molecule has 0 fully saturated rings. The summed E-state index contributed by atoms with van der Waals surface area (Å²) in [5.74, 6) is 2.42. The molecule has 6 nitrogen and oxygen atoms in total. The van der Waals surface area contributed by atoms with Crippen molar-refractivity contribution in [3.63, 3.8) is 0 Å². The second kappa shape index (κ2) is 10.7. The second-order valence-corrected chi connectivity index (χ2v) is 11.1. The molecule has 3 aromatic rings. The number of hydrogen-bond acceptors (Lipinski definition) is 6. The fourth-order valence-electron chi connectivity index (χ4n) is 4.65. The highest BCUT2D eigenvalue weighted by Gasteiger charge is 2.33. The quantitative estimate of drug-likeness (QED) is 0.353. The molecule has 0 aliphatic heterocycles. The van der Waals surface area contributed by atoms with Crippen molar-refractivity contribution >= 4 is 34.1 Å². The summed E-state index contributed by atoms with van der Waals surface area (Å²) < 4.78 is 16.2. The van der Waals surface area contributed by atoms with Gasteiger partial charge in [0.05, 0.1) is 26.9 Å². The van der Waals surface area contributed by atoms with Crippen LogP contribution in [-0.4, -0.2) is 33.5 Å². The number of nitrogens with zero attached hydrogens (tertiary/aromatic N) is 1. The van der Waals surface area contributed by atoms with Gasteiger partial charge >= 0.3 is 0 Å². The molecule has 190 valence electrons. The van der Waals surface area contributed by atoms with Gasteiger partial charge < -0.3 is 19.5 Å². The van der Waals surface area contributed by atoms with Crippen molar-refractivity contribution in [2.24, 2.45) is 16.3 Å². The van der Waals surface area contributed by atoms with Gasteiger partial charge in [0.1, 0.15) is 10.8 Å². The maximum atomic E-state index is 13.6. The van der Waals surface area contributed by atoms with Crippen LogP contribution >= 0.6 is 11.3 Å². The van der Waals surface area contributed by atoms with E-state index in [2.05, 4.69) is 26.1 Å². The summed E-state index contributed by atoms with van der Waals surface area (Å²) in [5.41, 5.74) is 3.50. The number of anilines is 1. The number of thiophene rings is 1. The van der Waals surface area contributed by atoms with E-state index in [1.165, 1.54) is 4.88 Å². The van der Waals surface area contributed by atoms with E-state index in [1.807, 2.05) is 42.5 Å². The van der Waals surface area contributed by atoms with Crippen molar-refractivity contribution in [3.8, 4) is 17.2 Å². The van der Waals surface area contributed by atoms with Crippen molar-refractivity contribution < 1.29 is 19.0 Å². The molecule has 2 aromatic carbocycles. The topological polar surface area (TPSA) is 69.2 Å². The first-order chi connectivity index (χ1) is 17.2. The normalized spacial score (nSPS) is 15.4. The van der Waals surface area contributed by atoms with Gasteiger partial charge in [-0.15, -0.1) is 11.3 Å². The Bertz CT molecular complexity index is 1260. The van der Waals surface area contributed by atoms with E-state index in [4.69, 9.17) is 19.2 Å². The Hall–Kier alpha value is -3.32. The molecule has 7 heteroatoms. The SMILES string of the molecule is COc1ccc(NC(=O)c2c(/N=C\c3cccc(OC)c3OC)sc3c2CCC(C(C)(C)C)C3)cc1. The first-order valence-corrected chi connectivity index (χ1v) is 12.9. The van der Waals surface area contributed by atoms with Crippen LogP contribution in [0.1, 0.15) is 53.6 Å². The summed E-state index contributed by atoms with van der Waals surface area (Å²) in [4.78, 5) is 19.7. The average Bonchev–Trinajstić information content (AvgIpc) is 3.24. The van der Waals surface area contributed by atoms with Gasteiger partial charge in [-0.2, -0.15) is 0 Å². The molecule has 1 amide bonds. The minimum absolute atomic E-state index is 0.142. The fraction of sp³-hybridized carbons (Fsp3) is 0.379. The van der Waals surface area contributed by atoms with Crippen LogP contribution in [0.3, 0.4) is 0 Å². The number of methoxy groups -OCH3 is 3. The van der Waals surface area contributed by atoms with Gasteiger partial charge in [-0.1, -0.05) is 26.8 Å². The molecule has 1 aliphatic carbocycles. The average molecular weight is 507 g/mol. The summed E-state index contributed by atoms with van der Waals surface area (Å²) in [7, 11) is 4.84. The van der Waals surface area contributed by atoms with Crippen molar-refractivity contribution in [1.82, 2.24) is 0 Å². The Morgan fingerprint density at radius 1 is 1.06 bits per heavy atom. The van der Waals surface area contributed by atoms with Crippen LogP contribution in [-0.2, 0) is 12.8 Å². The largest absolute Gasteiger partial charge is 0.497 e. The number of aliphatic imine (C=N–C) groups is 1. The molecule has 0 spiro atoms. The van der Waals surface area contributed by atoms with E-state index in [-0.39, 0.29) is 11.3 Å². The highest BCUT2D eigenvalue weighted by atomic mass is 32.1. The fourth-order valence-corrected chi connectivity index (χ4v) is 5.91. The molecular formula is C29H34N2O4S. The lowest BCUT2D eigenvalue weighted by Gasteiger charge is -2.33. The van der Waals surface area contributed by atoms with Gasteiger partial charge in [-0.05, 0) is 72.6 Å². The second-order valence-electron chi connectivity index (χ2n) is 10.0. The van der Waals surface area contributed by atoms with E-state index in [9.17, 15) is 4.79 Å². The first kappa shape index (κ1) is 25.8. The predicted octanol–water partition coefficient (Wildman–Crippen LogP) is 6.93. The number of hydrogen-bond donors (Lipinski definition) is 1. The molecule has 1 heterocycles. The van der Waals surface area contributed by atoms with Crippen LogP contribution in [0.25, 0.3) is 0 Å². The van der Waals surface area contributed by atoms with Gasteiger partial charge in [0.2, 0.25) is 0 Å². The molecule has 0 saturated heterocycles. The van der Waals surface area contributed by atoms with E-state index in [0.717, 1.165) is 36.1 Å². The number of benzene rings is 2. The molecule has 4 rings (SSSR count). The van der Waals surface area contributed by atoms with Crippen LogP contribution in [0.2, 0.25) is 0 Å². The Kier molecular flexibility index (Phi) is 7.69. The van der Waals surface area contributed by atoms with Crippen molar-refractivity contribution in [3.05, 3.63) is 64.0 Å². The lowest BCUT2D eigenvalue weighted by Crippen LogP contribution is -2.27. The Labute approximate surface area is 217 Å². The van der Waals surface area contributed by atoms with E-state index in [1.54, 1.807) is 38.9 Å². The maximum absolute atomic E-state index is 13.6. The summed E-state index contributed by atoms with van der Waals surface area (Å²) in [6, 6.07) is 13.0. The van der Waals surface area contributed by atoms with Gasteiger partial charge in [-0.3, -0.25) is 4.79 Å². The van der Waals surface area contributed by atoms with E-state index in [0.29, 0.717) is 33.7 Å². The Morgan fingerprint density at radius 2 is 1.81 bits per heavy atom. The number of amides is 1.